The minimum absolute atomic E-state index is 0.630. The molecule has 1 aromatic heterocycles. The molecule has 0 amide bonds. The van der Waals surface area contributed by atoms with E-state index in [1.54, 1.807) is 0 Å². The van der Waals surface area contributed by atoms with E-state index in [2.05, 4.69) is 21.3 Å². The number of anilines is 1. The van der Waals surface area contributed by atoms with Gasteiger partial charge in [-0.2, -0.15) is 0 Å². The Labute approximate surface area is 98.5 Å². The molecule has 1 saturated heterocycles. The van der Waals surface area contributed by atoms with Crippen LogP contribution in [0.15, 0.2) is 18.3 Å². The highest BCUT2D eigenvalue weighted by Crippen LogP contribution is 2.18. The zero-order chi connectivity index (χ0) is 11.4. The van der Waals surface area contributed by atoms with Crippen LogP contribution in [0, 0.1) is 0 Å². The second-order valence-electron chi connectivity index (χ2n) is 3.85. The van der Waals surface area contributed by atoms with Crippen LogP contribution in [0.3, 0.4) is 0 Å². The van der Waals surface area contributed by atoms with Gasteiger partial charge >= 0.3 is 0 Å². The molecule has 0 bridgehead atoms. The van der Waals surface area contributed by atoms with Gasteiger partial charge in [0.25, 0.3) is 0 Å². The third-order valence-corrected chi connectivity index (χ3v) is 3.99. The maximum Gasteiger partial charge on any atom is 0.133 e. The number of hydrogen-bond donors (Lipinski definition) is 1. The van der Waals surface area contributed by atoms with Gasteiger partial charge in [-0.25, -0.2) is 4.98 Å². The summed E-state index contributed by atoms with van der Waals surface area (Å²) in [5, 5.41) is 3.15. The molecule has 5 heteroatoms. The molecule has 16 heavy (non-hydrogen) atoms. The van der Waals surface area contributed by atoms with Crippen LogP contribution in [-0.4, -0.2) is 40.8 Å². The van der Waals surface area contributed by atoms with Crippen molar-refractivity contribution in [3.8, 4) is 0 Å². The van der Waals surface area contributed by atoms with E-state index in [1.807, 2.05) is 19.3 Å². The lowest BCUT2D eigenvalue weighted by molar-refractivity contribution is 0.671. The predicted octanol–water partition coefficient (Wildman–Crippen LogP) is 0.370. The molecule has 1 aliphatic heterocycles. The average molecular weight is 239 g/mol. The summed E-state index contributed by atoms with van der Waals surface area (Å²) in [7, 11) is 1.30. The Morgan fingerprint density at radius 1 is 1.50 bits per heavy atom. The zero-order valence-electron chi connectivity index (χ0n) is 9.48. The van der Waals surface area contributed by atoms with Gasteiger partial charge in [-0.15, -0.1) is 0 Å². The van der Waals surface area contributed by atoms with Gasteiger partial charge in [0.2, 0.25) is 0 Å². The number of hydrogen-bond acceptors (Lipinski definition) is 4. The van der Waals surface area contributed by atoms with Gasteiger partial charge in [-0.1, -0.05) is 6.07 Å². The maximum absolute atomic E-state index is 11.3. The monoisotopic (exact) mass is 239 g/mol. The van der Waals surface area contributed by atoms with Gasteiger partial charge in [0.1, 0.15) is 5.82 Å². The van der Waals surface area contributed by atoms with E-state index in [0.29, 0.717) is 0 Å². The highest BCUT2D eigenvalue weighted by Gasteiger charge is 2.18. The third-order valence-electron chi connectivity index (χ3n) is 2.71. The molecule has 0 spiro atoms. The van der Waals surface area contributed by atoms with Crippen molar-refractivity contribution in [2.45, 2.75) is 6.54 Å². The second kappa shape index (κ2) is 5.41. The van der Waals surface area contributed by atoms with E-state index < -0.39 is 10.8 Å². The maximum atomic E-state index is 11.3. The fourth-order valence-corrected chi connectivity index (χ4v) is 2.95. The summed E-state index contributed by atoms with van der Waals surface area (Å²) in [6, 6.07) is 4.04. The number of rotatable bonds is 3. The van der Waals surface area contributed by atoms with Gasteiger partial charge in [-0.05, 0) is 13.1 Å². The normalized spacial score (nSPS) is 17.7. The summed E-state index contributed by atoms with van der Waals surface area (Å²) in [6.45, 7) is 2.52. The van der Waals surface area contributed by atoms with Crippen LogP contribution in [0.25, 0.3) is 0 Å². The first-order valence-electron chi connectivity index (χ1n) is 5.49. The molecule has 4 nitrogen and oxygen atoms in total. The molecule has 1 fully saturated rings. The summed E-state index contributed by atoms with van der Waals surface area (Å²) in [5.41, 5.74) is 1.21. The van der Waals surface area contributed by atoms with Crippen molar-refractivity contribution in [3.63, 3.8) is 0 Å². The Kier molecular flexibility index (Phi) is 3.90. The summed E-state index contributed by atoms with van der Waals surface area (Å²) in [5.74, 6) is 2.55. The third kappa shape index (κ3) is 2.59. The van der Waals surface area contributed by atoms with Gasteiger partial charge in [0.15, 0.2) is 0 Å². The number of nitrogens with one attached hydrogen (secondary N) is 1. The first-order chi connectivity index (χ1) is 7.81. The molecule has 1 aromatic rings. The zero-order valence-corrected chi connectivity index (χ0v) is 10.3. The van der Waals surface area contributed by atoms with E-state index in [0.717, 1.165) is 37.0 Å². The predicted molar refractivity (Wildman–Crippen MR) is 67.1 cm³/mol. The molecule has 0 radical (unpaired) electrons. The molecule has 1 N–H and O–H groups in total. The first kappa shape index (κ1) is 11.5. The molecule has 1 aliphatic rings. The molecule has 0 saturated carbocycles. The van der Waals surface area contributed by atoms with Crippen molar-refractivity contribution in [1.82, 2.24) is 10.3 Å². The summed E-state index contributed by atoms with van der Waals surface area (Å²) in [4.78, 5) is 6.66. The average Bonchev–Trinajstić information content (AvgIpc) is 2.32. The summed E-state index contributed by atoms with van der Waals surface area (Å²) < 4.78 is 11.3. The first-order valence-corrected chi connectivity index (χ1v) is 6.98. The number of pyridine rings is 1. The summed E-state index contributed by atoms with van der Waals surface area (Å²) >= 11 is 0. The Balaban J connectivity index is 2.16. The summed E-state index contributed by atoms with van der Waals surface area (Å²) in [6.07, 6.45) is 1.82. The minimum atomic E-state index is -0.630. The number of nitrogens with zero attached hydrogens (tertiary/aromatic N) is 2. The molecular formula is C11H17N3OS. The van der Waals surface area contributed by atoms with Gasteiger partial charge in [-0.3, -0.25) is 4.21 Å². The van der Waals surface area contributed by atoms with Crippen molar-refractivity contribution >= 4 is 16.6 Å². The van der Waals surface area contributed by atoms with E-state index in [4.69, 9.17) is 0 Å². The van der Waals surface area contributed by atoms with E-state index >= 15 is 0 Å². The lowest BCUT2D eigenvalue weighted by atomic mass is 10.2. The van der Waals surface area contributed by atoms with Crippen molar-refractivity contribution < 1.29 is 4.21 Å². The van der Waals surface area contributed by atoms with Gasteiger partial charge in [0.05, 0.1) is 0 Å². The smallest absolute Gasteiger partial charge is 0.133 e. The molecule has 2 rings (SSSR count). The van der Waals surface area contributed by atoms with Crippen LogP contribution in [0.4, 0.5) is 5.82 Å². The lowest BCUT2D eigenvalue weighted by Gasteiger charge is -2.29. The molecule has 0 unspecified atom stereocenters. The minimum Gasteiger partial charge on any atom is -0.355 e. The van der Waals surface area contributed by atoms with Crippen molar-refractivity contribution in [2.75, 3.05) is 36.5 Å². The molecule has 0 aromatic carbocycles. The largest absolute Gasteiger partial charge is 0.355 e. The van der Waals surface area contributed by atoms with Crippen molar-refractivity contribution in [2.24, 2.45) is 0 Å². The standard InChI is InChI=1S/C11H17N3OS/c1-12-9-10-3-2-4-13-11(10)14-5-7-16(15)8-6-14/h2-4,12H,5-9H2,1H3. The van der Waals surface area contributed by atoms with E-state index in [9.17, 15) is 4.21 Å². The molecule has 88 valence electrons. The molecular weight excluding hydrogens is 222 g/mol. The molecule has 0 aliphatic carbocycles. The number of aromatic nitrogens is 1. The lowest BCUT2D eigenvalue weighted by Crippen LogP contribution is -2.39. The quantitative estimate of drug-likeness (QED) is 0.828. The van der Waals surface area contributed by atoms with Gasteiger partial charge in [0, 0.05) is 53.7 Å². The van der Waals surface area contributed by atoms with Crippen molar-refractivity contribution in [3.05, 3.63) is 23.9 Å². The Morgan fingerprint density at radius 2 is 2.25 bits per heavy atom. The van der Waals surface area contributed by atoms with Crippen LogP contribution in [0.1, 0.15) is 5.56 Å². The van der Waals surface area contributed by atoms with Crippen LogP contribution in [0.5, 0.6) is 0 Å². The van der Waals surface area contributed by atoms with Crippen LogP contribution >= 0.6 is 0 Å². The SMILES string of the molecule is CNCc1cccnc1N1CCS(=O)CC1. The van der Waals surface area contributed by atoms with Crippen LogP contribution in [-0.2, 0) is 17.3 Å². The Bertz CT molecular complexity index is 373. The van der Waals surface area contributed by atoms with Crippen molar-refractivity contribution in [1.29, 1.82) is 0 Å². The van der Waals surface area contributed by atoms with Crippen LogP contribution in [0.2, 0.25) is 0 Å². The topological polar surface area (TPSA) is 45.2 Å². The Hall–Kier alpha value is -0.940. The molecule has 0 atom stereocenters. The van der Waals surface area contributed by atoms with Gasteiger partial charge < -0.3 is 10.2 Å². The van der Waals surface area contributed by atoms with E-state index in [-0.39, 0.29) is 0 Å². The second-order valence-corrected chi connectivity index (χ2v) is 5.55. The van der Waals surface area contributed by atoms with Crippen LogP contribution < -0.4 is 10.2 Å². The van der Waals surface area contributed by atoms with E-state index in [1.165, 1.54) is 5.56 Å². The fourth-order valence-electron chi connectivity index (χ4n) is 1.89. The fraction of sp³-hybridized carbons (Fsp3) is 0.545. The highest BCUT2D eigenvalue weighted by atomic mass is 32.2. The highest BCUT2D eigenvalue weighted by molar-refractivity contribution is 7.85. The molecule has 2 heterocycles. The Morgan fingerprint density at radius 3 is 2.94 bits per heavy atom.